The fraction of sp³-hybridized carbons (Fsp3) is 0.773. The molecule has 1 aliphatic carbocycles. The largest absolute Gasteiger partial charge is 0.481 e. The molecule has 0 aromatic rings. The average Bonchev–Trinajstić information content (AvgIpc) is 2.65. The molecule has 0 spiro atoms. The number of aliphatic carboxylic acids is 1. The number of hydrogen-bond acceptors (Lipinski definition) is 9. The first-order valence-corrected chi connectivity index (χ1v) is 10.8. The lowest BCUT2D eigenvalue weighted by Crippen LogP contribution is -2.59. The Morgan fingerprint density at radius 3 is 2.47 bits per heavy atom. The van der Waals surface area contributed by atoms with E-state index in [-0.39, 0.29) is 23.2 Å². The molecule has 0 aromatic carbocycles. The lowest BCUT2D eigenvalue weighted by molar-refractivity contribution is -0.311. The molecule has 0 bridgehead atoms. The zero-order valence-corrected chi connectivity index (χ0v) is 18.9. The standard InChI is InChI=1S/C22H34O10/c1-11-7-13(23)9-22(3,4)14(11)6-5-12(2)31-21-20(29)19(28)18(27)15(32-21)10-30-17(26)8-16(24)25/h7,12,14-15,18-21,27-29H,5-6,8-10H2,1-4H3,(H,24,25)/t12?,14-,15+,18+,19-,20+,21+/m0/s1. The molecule has 1 heterocycles. The summed E-state index contributed by atoms with van der Waals surface area (Å²) >= 11 is 0. The van der Waals surface area contributed by atoms with E-state index in [1.54, 1.807) is 13.0 Å². The van der Waals surface area contributed by atoms with Crippen molar-refractivity contribution in [1.82, 2.24) is 0 Å². The molecule has 182 valence electrons. The SMILES string of the molecule is CC1=CC(=O)CC(C)(C)[C@H]1CCC(C)O[C@@H]1O[C@H](COC(=O)CC(=O)O)[C@@H](O)[C@H](O)[C@H]1O. The van der Waals surface area contributed by atoms with Crippen molar-refractivity contribution in [2.75, 3.05) is 6.61 Å². The molecule has 2 rings (SSSR count). The number of aliphatic hydroxyl groups excluding tert-OH is 3. The fourth-order valence-corrected chi connectivity index (χ4v) is 4.43. The van der Waals surface area contributed by atoms with E-state index in [2.05, 4.69) is 13.8 Å². The van der Waals surface area contributed by atoms with Crippen molar-refractivity contribution in [2.24, 2.45) is 11.3 Å². The van der Waals surface area contributed by atoms with Crippen LogP contribution >= 0.6 is 0 Å². The quantitative estimate of drug-likeness (QED) is 0.284. The molecule has 0 aromatic heterocycles. The van der Waals surface area contributed by atoms with Gasteiger partial charge >= 0.3 is 11.9 Å². The smallest absolute Gasteiger partial charge is 0.317 e. The number of carbonyl (C=O) groups excluding carboxylic acids is 2. The number of carbonyl (C=O) groups is 3. The van der Waals surface area contributed by atoms with Crippen LogP contribution in [0, 0.1) is 11.3 Å². The molecule has 0 saturated carbocycles. The number of aliphatic hydroxyl groups is 3. The van der Waals surface area contributed by atoms with Gasteiger partial charge in [0.15, 0.2) is 12.1 Å². The van der Waals surface area contributed by atoms with Crippen molar-refractivity contribution in [3.05, 3.63) is 11.6 Å². The third-order valence-corrected chi connectivity index (χ3v) is 6.11. The van der Waals surface area contributed by atoms with Gasteiger partial charge in [0.05, 0.1) is 6.10 Å². The van der Waals surface area contributed by atoms with Crippen LogP contribution in [-0.2, 0) is 28.6 Å². The van der Waals surface area contributed by atoms with Gasteiger partial charge in [-0.2, -0.15) is 0 Å². The summed E-state index contributed by atoms with van der Waals surface area (Å²) in [5.41, 5.74) is 0.844. The van der Waals surface area contributed by atoms with Crippen molar-refractivity contribution >= 4 is 17.7 Å². The minimum atomic E-state index is -1.60. The summed E-state index contributed by atoms with van der Waals surface area (Å²) in [5, 5.41) is 39.1. The highest BCUT2D eigenvalue weighted by molar-refractivity contribution is 5.92. The predicted molar refractivity (Wildman–Crippen MR) is 110 cm³/mol. The summed E-state index contributed by atoms with van der Waals surface area (Å²) in [6.07, 6.45) is -4.88. The van der Waals surface area contributed by atoms with E-state index in [0.717, 1.165) is 12.0 Å². The molecule has 0 radical (unpaired) electrons. The van der Waals surface area contributed by atoms with Gasteiger partial charge in [-0.3, -0.25) is 14.4 Å². The molecule has 32 heavy (non-hydrogen) atoms. The van der Waals surface area contributed by atoms with E-state index in [9.17, 15) is 29.7 Å². The maximum atomic E-state index is 11.9. The number of allylic oxidation sites excluding steroid dienone is 2. The van der Waals surface area contributed by atoms with E-state index < -0.39 is 55.7 Å². The molecular formula is C22H34O10. The van der Waals surface area contributed by atoms with Crippen molar-refractivity contribution < 1.29 is 49.0 Å². The Labute approximate surface area is 187 Å². The van der Waals surface area contributed by atoms with Gasteiger partial charge in [-0.1, -0.05) is 19.4 Å². The first-order chi connectivity index (χ1) is 14.8. The Kier molecular flexibility index (Phi) is 8.95. The second kappa shape index (κ2) is 10.8. The molecule has 1 fully saturated rings. The van der Waals surface area contributed by atoms with Gasteiger partial charge in [-0.05, 0) is 44.1 Å². The van der Waals surface area contributed by atoms with E-state index in [1.165, 1.54) is 0 Å². The zero-order valence-electron chi connectivity index (χ0n) is 18.9. The van der Waals surface area contributed by atoms with Gasteiger partial charge in [0.25, 0.3) is 0 Å². The molecule has 1 saturated heterocycles. The number of esters is 1. The van der Waals surface area contributed by atoms with Gasteiger partial charge < -0.3 is 34.6 Å². The number of ketones is 1. The summed E-state index contributed by atoms with van der Waals surface area (Å²) in [4.78, 5) is 33.8. The van der Waals surface area contributed by atoms with Crippen LogP contribution in [0.4, 0.5) is 0 Å². The van der Waals surface area contributed by atoms with Crippen molar-refractivity contribution in [1.29, 1.82) is 0 Å². The molecule has 10 heteroatoms. The van der Waals surface area contributed by atoms with Crippen LogP contribution in [0.3, 0.4) is 0 Å². The fourth-order valence-electron chi connectivity index (χ4n) is 4.43. The van der Waals surface area contributed by atoms with Crippen LogP contribution in [0.2, 0.25) is 0 Å². The zero-order chi connectivity index (χ0) is 24.2. The van der Waals surface area contributed by atoms with Gasteiger partial charge in [-0.15, -0.1) is 0 Å². The minimum Gasteiger partial charge on any atom is -0.481 e. The summed E-state index contributed by atoms with van der Waals surface area (Å²) in [6, 6.07) is 0. The first-order valence-electron chi connectivity index (χ1n) is 10.8. The summed E-state index contributed by atoms with van der Waals surface area (Å²) in [6.45, 7) is 7.34. The van der Waals surface area contributed by atoms with E-state index in [1.807, 2.05) is 6.92 Å². The maximum Gasteiger partial charge on any atom is 0.317 e. The topological polar surface area (TPSA) is 160 Å². The molecule has 1 unspecified atom stereocenters. The third-order valence-electron chi connectivity index (χ3n) is 6.11. The van der Waals surface area contributed by atoms with E-state index in [0.29, 0.717) is 12.8 Å². The highest BCUT2D eigenvalue weighted by Gasteiger charge is 2.45. The van der Waals surface area contributed by atoms with Crippen LogP contribution in [0.1, 0.15) is 53.4 Å². The van der Waals surface area contributed by atoms with Crippen LogP contribution < -0.4 is 0 Å². The van der Waals surface area contributed by atoms with Crippen molar-refractivity contribution in [3.8, 4) is 0 Å². The first kappa shape index (κ1) is 26.4. The highest BCUT2D eigenvalue weighted by atomic mass is 16.7. The Hall–Kier alpha value is -1.85. The maximum absolute atomic E-state index is 11.9. The summed E-state index contributed by atoms with van der Waals surface area (Å²) in [5.74, 6) is -2.07. The van der Waals surface area contributed by atoms with Gasteiger partial charge in [0.1, 0.15) is 37.4 Å². The number of hydrogen-bond donors (Lipinski definition) is 4. The molecule has 0 amide bonds. The third kappa shape index (κ3) is 6.82. The van der Waals surface area contributed by atoms with E-state index in [4.69, 9.17) is 19.3 Å². The average molecular weight is 459 g/mol. The van der Waals surface area contributed by atoms with Crippen LogP contribution in [0.25, 0.3) is 0 Å². The monoisotopic (exact) mass is 458 g/mol. The number of carboxylic acid groups (broad SMARTS) is 1. The Morgan fingerprint density at radius 2 is 1.88 bits per heavy atom. The van der Waals surface area contributed by atoms with Gasteiger partial charge in [-0.25, -0.2) is 0 Å². The number of ether oxygens (including phenoxy) is 3. The van der Waals surface area contributed by atoms with Crippen molar-refractivity contribution in [3.63, 3.8) is 0 Å². The molecule has 7 atom stereocenters. The lowest BCUT2D eigenvalue weighted by Gasteiger charge is -2.41. The van der Waals surface area contributed by atoms with Crippen LogP contribution in [-0.4, -0.2) is 81.6 Å². The van der Waals surface area contributed by atoms with Crippen LogP contribution in [0.15, 0.2) is 11.6 Å². The molecule has 4 N–H and O–H groups in total. The molecule has 10 nitrogen and oxygen atoms in total. The normalized spacial score (nSPS) is 33.3. The second-order valence-corrected chi connectivity index (χ2v) is 9.36. The summed E-state index contributed by atoms with van der Waals surface area (Å²) < 4.78 is 16.1. The predicted octanol–water partition coefficient (Wildman–Crippen LogP) is 0.559. The highest BCUT2D eigenvalue weighted by Crippen LogP contribution is 2.42. The van der Waals surface area contributed by atoms with Gasteiger partial charge in [0, 0.05) is 6.42 Å². The van der Waals surface area contributed by atoms with Crippen LogP contribution in [0.5, 0.6) is 0 Å². The Balaban J connectivity index is 1.93. The Morgan fingerprint density at radius 1 is 1.22 bits per heavy atom. The van der Waals surface area contributed by atoms with Crippen molar-refractivity contribution in [2.45, 2.75) is 90.2 Å². The Bertz CT molecular complexity index is 730. The summed E-state index contributed by atoms with van der Waals surface area (Å²) in [7, 11) is 0. The molecular weight excluding hydrogens is 424 g/mol. The second-order valence-electron chi connectivity index (χ2n) is 9.36. The van der Waals surface area contributed by atoms with Gasteiger partial charge in [0.2, 0.25) is 0 Å². The van der Waals surface area contributed by atoms with E-state index >= 15 is 0 Å². The lowest BCUT2D eigenvalue weighted by atomic mass is 9.66. The minimum absolute atomic E-state index is 0.120. The molecule has 1 aliphatic heterocycles. The number of rotatable bonds is 9. The molecule has 2 aliphatic rings. The number of carboxylic acids is 1.